The van der Waals surface area contributed by atoms with E-state index in [-0.39, 0.29) is 5.91 Å². The average Bonchev–Trinajstić information content (AvgIpc) is 3.36. The summed E-state index contributed by atoms with van der Waals surface area (Å²) in [5, 5.41) is 12.5. The molecular formula is C17H22N4OS2. The van der Waals surface area contributed by atoms with Gasteiger partial charge in [-0.25, -0.2) is 0 Å². The van der Waals surface area contributed by atoms with Crippen LogP contribution < -0.4 is 5.32 Å². The van der Waals surface area contributed by atoms with Gasteiger partial charge in [0.1, 0.15) is 5.82 Å². The van der Waals surface area contributed by atoms with Gasteiger partial charge in [-0.3, -0.25) is 4.79 Å². The molecular weight excluding hydrogens is 340 g/mol. The molecule has 24 heavy (non-hydrogen) atoms. The van der Waals surface area contributed by atoms with Gasteiger partial charge in [0, 0.05) is 29.5 Å². The normalized spacial score (nSPS) is 13.9. The van der Waals surface area contributed by atoms with Crippen molar-refractivity contribution in [2.75, 3.05) is 17.3 Å². The van der Waals surface area contributed by atoms with Crippen LogP contribution in [0.3, 0.4) is 0 Å². The zero-order chi connectivity index (χ0) is 16.9. The SMILES string of the molecule is CCn1c(SCCC(=O)Nc2ccccc2SC)nnc1C1CC1. The Morgan fingerprint density at radius 3 is 2.83 bits per heavy atom. The summed E-state index contributed by atoms with van der Waals surface area (Å²) in [5.74, 6) is 2.45. The van der Waals surface area contributed by atoms with Crippen LogP contribution in [0.25, 0.3) is 0 Å². The van der Waals surface area contributed by atoms with E-state index in [1.54, 1.807) is 23.5 Å². The van der Waals surface area contributed by atoms with Crippen LogP contribution in [-0.2, 0) is 11.3 Å². The number of thioether (sulfide) groups is 2. The Morgan fingerprint density at radius 1 is 1.33 bits per heavy atom. The van der Waals surface area contributed by atoms with Crippen LogP contribution in [0.2, 0.25) is 0 Å². The van der Waals surface area contributed by atoms with Crippen LogP contribution in [0.15, 0.2) is 34.3 Å². The van der Waals surface area contributed by atoms with Crippen molar-refractivity contribution in [3.05, 3.63) is 30.1 Å². The predicted octanol–water partition coefficient (Wildman–Crippen LogP) is 4.02. The summed E-state index contributed by atoms with van der Waals surface area (Å²) in [6.07, 6.45) is 4.92. The molecule has 1 aliphatic rings. The first-order chi connectivity index (χ1) is 11.7. The fourth-order valence-electron chi connectivity index (χ4n) is 2.54. The van der Waals surface area contributed by atoms with Gasteiger partial charge in [-0.05, 0) is 38.2 Å². The van der Waals surface area contributed by atoms with Crippen molar-refractivity contribution in [1.29, 1.82) is 0 Å². The number of nitrogens with one attached hydrogen (secondary N) is 1. The van der Waals surface area contributed by atoms with Gasteiger partial charge in [0.2, 0.25) is 5.91 Å². The highest BCUT2D eigenvalue weighted by Gasteiger charge is 2.29. The highest BCUT2D eigenvalue weighted by molar-refractivity contribution is 7.99. The molecule has 1 aromatic heterocycles. The maximum absolute atomic E-state index is 12.2. The zero-order valence-corrected chi connectivity index (χ0v) is 15.6. The Balaban J connectivity index is 1.52. The lowest BCUT2D eigenvalue weighted by Crippen LogP contribution is -2.13. The number of hydrogen-bond acceptors (Lipinski definition) is 5. The van der Waals surface area contributed by atoms with Gasteiger partial charge in [0.25, 0.3) is 0 Å². The molecule has 1 aromatic carbocycles. The molecule has 0 spiro atoms. The van der Waals surface area contributed by atoms with Crippen molar-refractivity contribution in [1.82, 2.24) is 14.8 Å². The molecule has 0 aliphatic heterocycles. The smallest absolute Gasteiger partial charge is 0.225 e. The molecule has 0 radical (unpaired) electrons. The van der Waals surface area contributed by atoms with E-state index < -0.39 is 0 Å². The topological polar surface area (TPSA) is 59.8 Å². The minimum Gasteiger partial charge on any atom is -0.325 e. The van der Waals surface area contributed by atoms with Crippen LogP contribution in [-0.4, -0.2) is 32.7 Å². The maximum Gasteiger partial charge on any atom is 0.225 e. The molecule has 0 bridgehead atoms. The Labute approximate surface area is 151 Å². The highest BCUT2D eigenvalue weighted by atomic mass is 32.2. The summed E-state index contributed by atoms with van der Waals surface area (Å²) >= 11 is 3.24. The largest absolute Gasteiger partial charge is 0.325 e. The number of rotatable bonds is 8. The molecule has 5 nitrogen and oxygen atoms in total. The number of para-hydroxylation sites is 1. The van der Waals surface area contributed by atoms with Gasteiger partial charge in [-0.1, -0.05) is 23.9 Å². The van der Waals surface area contributed by atoms with Crippen LogP contribution in [0.1, 0.15) is 37.9 Å². The number of carbonyl (C=O) groups excluding carboxylic acids is 1. The summed E-state index contributed by atoms with van der Waals surface area (Å²) in [5.41, 5.74) is 0.882. The highest BCUT2D eigenvalue weighted by Crippen LogP contribution is 2.40. The molecule has 128 valence electrons. The second-order valence-electron chi connectivity index (χ2n) is 5.71. The average molecular weight is 363 g/mol. The number of aromatic nitrogens is 3. The first kappa shape index (κ1) is 17.4. The summed E-state index contributed by atoms with van der Waals surface area (Å²) in [7, 11) is 0. The van der Waals surface area contributed by atoms with E-state index in [4.69, 9.17) is 0 Å². The van der Waals surface area contributed by atoms with Crippen LogP contribution in [0.5, 0.6) is 0 Å². The molecule has 1 amide bonds. The number of amides is 1. The second kappa shape index (κ2) is 8.07. The summed E-state index contributed by atoms with van der Waals surface area (Å²) in [6, 6.07) is 7.87. The molecule has 1 fully saturated rings. The predicted molar refractivity (Wildman–Crippen MR) is 99.9 cm³/mol. The molecule has 3 rings (SSSR count). The maximum atomic E-state index is 12.2. The van der Waals surface area contributed by atoms with E-state index in [9.17, 15) is 4.79 Å². The fourth-order valence-corrected chi connectivity index (χ4v) is 4.04. The number of hydrogen-bond donors (Lipinski definition) is 1. The third kappa shape index (κ3) is 4.13. The third-order valence-corrected chi connectivity index (χ3v) is 5.71. The molecule has 0 saturated heterocycles. The van der Waals surface area contributed by atoms with Crippen LogP contribution in [0, 0.1) is 0 Å². The van der Waals surface area contributed by atoms with Gasteiger partial charge in [0.05, 0.1) is 5.69 Å². The van der Waals surface area contributed by atoms with Gasteiger partial charge >= 0.3 is 0 Å². The Hall–Kier alpha value is -1.47. The standard InChI is InChI=1S/C17H22N4OS2/c1-3-21-16(12-8-9-12)19-20-17(21)24-11-10-15(22)18-13-6-4-5-7-14(13)23-2/h4-7,12H,3,8-11H2,1-2H3,(H,18,22). The molecule has 1 saturated carbocycles. The van der Waals surface area contributed by atoms with E-state index in [1.807, 2.05) is 30.5 Å². The number of anilines is 1. The van der Waals surface area contributed by atoms with Gasteiger partial charge in [0.15, 0.2) is 5.16 Å². The molecule has 1 aliphatic carbocycles. The number of benzene rings is 1. The minimum absolute atomic E-state index is 0.0361. The van der Waals surface area contributed by atoms with Gasteiger partial charge in [-0.15, -0.1) is 22.0 Å². The number of nitrogens with zero attached hydrogens (tertiary/aromatic N) is 3. The summed E-state index contributed by atoms with van der Waals surface area (Å²) < 4.78 is 2.18. The minimum atomic E-state index is 0.0361. The summed E-state index contributed by atoms with van der Waals surface area (Å²) in [6.45, 7) is 3.00. The van der Waals surface area contributed by atoms with E-state index in [1.165, 1.54) is 12.8 Å². The quantitative estimate of drug-likeness (QED) is 0.719. The van der Waals surface area contributed by atoms with Crippen molar-refractivity contribution in [2.24, 2.45) is 0 Å². The lowest BCUT2D eigenvalue weighted by molar-refractivity contribution is -0.115. The van der Waals surface area contributed by atoms with Crippen molar-refractivity contribution in [3.8, 4) is 0 Å². The zero-order valence-electron chi connectivity index (χ0n) is 14.0. The summed E-state index contributed by atoms with van der Waals surface area (Å²) in [4.78, 5) is 13.3. The molecule has 0 atom stereocenters. The lowest BCUT2D eigenvalue weighted by Gasteiger charge is -2.09. The van der Waals surface area contributed by atoms with Gasteiger partial charge < -0.3 is 9.88 Å². The monoisotopic (exact) mass is 362 g/mol. The van der Waals surface area contributed by atoms with Crippen molar-refractivity contribution in [3.63, 3.8) is 0 Å². The van der Waals surface area contributed by atoms with E-state index in [2.05, 4.69) is 27.0 Å². The number of carbonyl (C=O) groups is 1. The molecule has 1 N–H and O–H groups in total. The van der Waals surface area contributed by atoms with E-state index in [0.29, 0.717) is 18.1 Å². The third-order valence-electron chi connectivity index (χ3n) is 3.95. The molecule has 7 heteroatoms. The van der Waals surface area contributed by atoms with Gasteiger partial charge in [-0.2, -0.15) is 0 Å². The lowest BCUT2D eigenvalue weighted by atomic mass is 10.3. The van der Waals surface area contributed by atoms with Crippen molar-refractivity contribution < 1.29 is 4.79 Å². The van der Waals surface area contributed by atoms with Crippen LogP contribution >= 0.6 is 23.5 Å². The van der Waals surface area contributed by atoms with E-state index in [0.717, 1.165) is 28.1 Å². The first-order valence-electron chi connectivity index (χ1n) is 8.21. The van der Waals surface area contributed by atoms with E-state index >= 15 is 0 Å². The molecule has 0 unspecified atom stereocenters. The second-order valence-corrected chi connectivity index (χ2v) is 7.62. The fraction of sp³-hybridized carbons (Fsp3) is 0.471. The Bertz CT molecular complexity index is 712. The molecule has 1 heterocycles. The molecule has 2 aromatic rings. The van der Waals surface area contributed by atoms with Crippen LogP contribution in [0.4, 0.5) is 5.69 Å². The first-order valence-corrected chi connectivity index (χ1v) is 10.4. The Morgan fingerprint density at radius 2 is 2.12 bits per heavy atom. The Kier molecular flexibility index (Phi) is 5.84. The van der Waals surface area contributed by atoms with Crippen molar-refractivity contribution in [2.45, 2.75) is 48.7 Å². The van der Waals surface area contributed by atoms with Crippen molar-refractivity contribution >= 4 is 35.1 Å².